The Morgan fingerprint density at radius 1 is 1.40 bits per heavy atom. The molecule has 1 aliphatic rings. The topological polar surface area (TPSA) is 85.3 Å². The van der Waals surface area contributed by atoms with Gasteiger partial charge in [-0.3, -0.25) is 4.79 Å². The van der Waals surface area contributed by atoms with Crippen LogP contribution in [0, 0.1) is 6.92 Å². The lowest BCUT2D eigenvalue weighted by atomic mass is 10.1. The molecule has 25 heavy (non-hydrogen) atoms. The second-order valence-electron chi connectivity index (χ2n) is 6.10. The molecule has 1 saturated heterocycles. The van der Waals surface area contributed by atoms with Crippen molar-refractivity contribution in [2.24, 2.45) is 0 Å². The number of thiophene rings is 1. The van der Waals surface area contributed by atoms with Crippen molar-refractivity contribution in [1.29, 1.82) is 0 Å². The maximum absolute atomic E-state index is 12.6. The highest BCUT2D eigenvalue weighted by Gasteiger charge is 2.32. The lowest BCUT2D eigenvalue weighted by Crippen LogP contribution is -2.30. The molecule has 8 heteroatoms. The third-order valence-electron chi connectivity index (χ3n) is 4.31. The number of hydrogen-bond acceptors (Lipinski definition) is 7. The van der Waals surface area contributed by atoms with Gasteiger partial charge in [0.25, 0.3) is 0 Å². The molecular weight excluding hydrogens is 340 g/mol. The van der Waals surface area contributed by atoms with Gasteiger partial charge in [-0.05, 0) is 31.2 Å². The third kappa shape index (κ3) is 3.34. The van der Waals surface area contributed by atoms with Crippen LogP contribution in [0.5, 0.6) is 0 Å². The van der Waals surface area contributed by atoms with Crippen molar-refractivity contribution in [2.75, 3.05) is 6.54 Å². The fourth-order valence-corrected chi connectivity index (χ4v) is 3.77. The van der Waals surface area contributed by atoms with E-state index in [1.807, 2.05) is 35.4 Å². The summed E-state index contributed by atoms with van der Waals surface area (Å²) in [7, 11) is 0. The first-order valence-electron chi connectivity index (χ1n) is 8.30. The summed E-state index contributed by atoms with van der Waals surface area (Å²) in [6.45, 7) is 2.63. The minimum atomic E-state index is -0.0157. The van der Waals surface area contributed by atoms with Gasteiger partial charge in [-0.2, -0.15) is 4.98 Å². The molecule has 0 radical (unpaired) electrons. The Kier molecular flexibility index (Phi) is 4.35. The summed E-state index contributed by atoms with van der Waals surface area (Å²) in [5, 5.41) is 9.87. The van der Waals surface area contributed by atoms with Crippen molar-refractivity contribution in [3.8, 4) is 10.7 Å². The Labute approximate surface area is 148 Å². The minimum absolute atomic E-state index is 0.0157. The zero-order valence-electron chi connectivity index (χ0n) is 13.8. The Balaban J connectivity index is 1.38. The van der Waals surface area contributed by atoms with E-state index in [4.69, 9.17) is 9.05 Å². The summed E-state index contributed by atoms with van der Waals surface area (Å²) < 4.78 is 10.6. The summed E-state index contributed by atoms with van der Waals surface area (Å²) in [6.07, 6.45) is 2.66. The molecule has 3 aromatic rings. The van der Waals surface area contributed by atoms with E-state index in [0.717, 1.165) is 35.7 Å². The zero-order chi connectivity index (χ0) is 17.2. The molecule has 4 heterocycles. The van der Waals surface area contributed by atoms with Crippen LogP contribution < -0.4 is 0 Å². The predicted molar refractivity (Wildman–Crippen MR) is 90.9 cm³/mol. The van der Waals surface area contributed by atoms with Crippen LogP contribution in [0.4, 0.5) is 0 Å². The van der Waals surface area contributed by atoms with Gasteiger partial charge in [0.1, 0.15) is 0 Å². The van der Waals surface area contributed by atoms with Crippen molar-refractivity contribution < 1.29 is 13.8 Å². The predicted octanol–water partition coefficient (Wildman–Crippen LogP) is 3.39. The maximum atomic E-state index is 12.6. The molecule has 1 amide bonds. The molecule has 4 rings (SSSR count). The molecule has 1 unspecified atom stereocenters. The number of aromatic nitrogens is 3. The summed E-state index contributed by atoms with van der Waals surface area (Å²) in [4.78, 5) is 19.8. The average molecular weight is 358 g/mol. The van der Waals surface area contributed by atoms with Crippen LogP contribution in [-0.2, 0) is 11.2 Å². The van der Waals surface area contributed by atoms with E-state index in [1.165, 1.54) is 0 Å². The van der Waals surface area contributed by atoms with Gasteiger partial charge in [0.2, 0.25) is 17.6 Å². The quantitative estimate of drug-likeness (QED) is 0.695. The van der Waals surface area contributed by atoms with Gasteiger partial charge in [-0.15, -0.1) is 11.3 Å². The van der Waals surface area contributed by atoms with Crippen molar-refractivity contribution in [2.45, 2.75) is 38.6 Å². The van der Waals surface area contributed by atoms with Gasteiger partial charge in [-0.1, -0.05) is 16.4 Å². The smallest absolute Gasteiger partial charge is 0.227 e. The zero-order valence-corrected chi connectivity index (χ0v) is 14.7. The summed E-state index contributed by atoms with van der Waals surface area (Å²) in [5.74, 6) is 1.91. The number of carbonyl (C=O) groups excluding carboxylic acids is 1. The molecule has 3 aromatic heterocycles. The number of nitrogens with zero attached hydrogens (tertiary/aromatic N) is 4. The third-order valence-corrected chi connectivity index (χ3v) is 5.18. The van der Waals surface area contributed by atoms with Crippen LogP contribution >= 0.6 is 11.3 Å². The van der Waals surface area contributed by atoms with Crippen molar-refractivity contribution in [3.63, 3.8) is 0 Å². The molecule has 1 atom stereocenters. The van der Waals surface area contributed by atoms with Crippen molar-refractivity contribution >= 4 is 17.2 Å². The number of hydrogen-bond donors (Lipinski definition) is 0. The number of carbonyl (C=O) groups is 1. The Morgan fingerprint density at radius 3 is 3.08 bits per heavy atom. The van der Waals surface area contributed by atoms with Gasteiger partial charge in [0, 0.05) is 25.5 Å². The fourth-order valence-electron chi connectivity index (χ4n) is 3.12. The summed E-state index contributed by atoms with van der Waals surface area (Å²) in [5.41, 5.74) is 0.835. The standard InChI is InChI=1S/C17H18N4O3S/c1-11-10-13(23-19-11)12-4-2-8-21(12)16(22)7-6-15-18-17(20-24-15)14-5-3-9-25-14/h3,5,9-10,12H,2,4,6-8H2,1H3. The van der Waals surface area contributed by atoms with Gasteiger partial charge in [0.15, 0.2) is 5.76 Å². The second kappa shape index (κ2) is 6.79. The molecule has 1 fully saturated rings. The first kappa shape index (κ1) is 16.0. The monoisotopic (exact) mass is 358 g/mol. The molecule has 0 N–H and O–H groups in total. The van der Waals surface area contributed by atoms with E-state index >= 15 is 0 Å². The van der Waals surface area contributed by atoms with E-state index in [-0.39, 0.29) is 11.9 Å². The summed E-state index contributed by atoms with van der Waals surface area (Å²) >= 11 is 1.56. The molecule has 0 aromatic carbocycles. The van der Waals surface area contributed by atoms with Gasteiger partial charge >= 0.3 is 0 Å². The highest BCUT2D eigenvalue weighted by molar-refractivity contribution is 7.13. The molecular formula is C17H18N4O3S. The molecule has 130 valence electrons. The van der Waals surface area contributed by atoms with Crippen molar-refractivity contribution in [3.05, 3.63) is 40.9 Å². The fraction of sp³-hybridized carbons (Fsp3) is 0.412. The molecule has 0 bridgehead atoms. The van der Waals surface area contributed by atoms with Crippen LogP contribution in [0.1, 0.15) is 42.6 Å². The Morgan fingerprint density at radius 2 is 2.32 bits per heavy atom. The van der Waals surface area contributed by atoms with Gasteiger partial charge in [0.05, 0.1) is 16.6 Å². The first-order valence-corrected chi connectivity index (χ1v) is 9.18. The lowest BCUT2D eigenvalue weighted by molar-refractivity contribution is -0.132. The summed E-state index contributed by atoms with van der Waals surface area (Å²) in [6, 6.07) is 5.77. The SMILES string of the molecule is Cc1cc(C2CCCN2C(=O)CCc2nc(-c3cccs3)no2)on1. The van der Waals surface area contributed by atoms with E-state index < -0.39 is 0 Å². The largest absolute Gasteiger partial charge is 0.359 e. The number of likely N-dealkylation sites (tertiary alicyclic amines) is 1. The number of amides is 1. The highest BCUT2D eigenvalue weighted by atomic mass is 32.1. The molecule has 1 aliphatic heterocycles. The number of rotatable bonds is 5. The molecule has 0 spiro atoms. The van der Waals surface area contributed by atoms with Crippen LogP contribution in [0.25, 0.3) is 10.7 Å². The van der Waals surface area contributed by atoms with Crippen LogP contribution in [-0.4, -0.2) is 32.6 Å². The van der Waals surface area contributed by atoms with Crippen LogP contribution in [0.2, 0.25) is 0 Å². The second-order valence-corrected chi connectivity index (χ2v) is 7.05. The van der Waals surface area contributed by atoms with E-state index in [0.29, 0.717) is 24.6 Å². The van der Waals surface area contributed by atoms with E-state index in [2.05, 4.69) is 15.3 Å². The Bertz CT molecular complexity index is 855. The van der Waals surface area contributed by atoms with Gasteiger partial charge in [-0.25, -0.2) is 0 Å². The molecule has 0 aliphatic carbocycles. The Hall–Kier alpha value is -2.48. The molecule has 7 nitrogen and oxygen atoms in total. The average Bonchev–Trinajstić information content (AvgIpc) is 3.38. The first-order chi connectivity index (χ1) is 12.2. The maximum Gasteiger partial charge on any atom is 0.227 e. The van der Waals surface area contributed by atoms with Crippen LogP contribution in [0.3, 0.4) is 0 Å². The van der Waals surface area contributed by atoms with Crippen molar-refractivity contribution in [1.82, 2.24) is 20.2 Å². The lowest BCUT2D eigenvalue weighted by Gasteiger charge is -2.22. The molecule has 0 saturated carbocycles. The van der Waals surface area contributed by atoms with E-state index in [9.17, 15) is 4.79 Å². The number of aryl methyl sites for hydroxylation is 2. The van der Waals surface area contributed by atoms with Gasteiger partial charge < -0.3 is 13.9 Å². The van der Waals surface area contributed by atoms with Crippen LogP contribution in [0.15, 0.2) is 32.6 Å². The van der Waals surface area contributed by atoms with E-state index in [1.54, 1.807) is 11.3 Å². The normalized spacial score (nSPS) is 17.3. The minimum Gasteiger partial charge on any atom is -0.359 e. The highest BCUT2D eigenvalue weighted by Crippen LogP contribution is 2.33.